The van der Waals surface area contributed by atoms with Crippen molar-refractivity contribution in [2.24, 2.45) is 0 Å². The standard InChI is InChI=1S/C22H26F2N4O2/c1-16(22(30)26-18-7-8-19(23)20(24)13-18)28-11-9-27(10-12-28)15-21(29)25-14-17-5-3-2-4-6-17/h2-8,13,16H,9-12,14-15H2,1H3,(H,25,29)(H,26,30)/t16-/m1/s1. The fourth-order valence-electron chi connectivity index (χ4n) is 3.35. The van der Waals surface area contributed by atoms with E-state index in [-0.39, 0.29) is 17.5 Å². The van der Waals surface area contributed by atoms with Crippen LogP contribution in [-0.2, 0) is 16.1 Å². The normalized spacial score (nSPS) is 16.1. The Hall–Kier alpha value is -2.84. The molecule has 2 amide bonds. The van der Waals surface area contributed by atoms with Crippen molar-refractivity contribution in [1.29, 1.82) is 0 Å². The quantitative estimate of drug-likeness (QED) is 0.727. The first-order valence-electron chi connectivity index (χ1n) is 9.95. The highest BCUT2D eigenvalue weighted by atomic mass is 19.2. The molecular formula is C22H26F2N4O2. The molecule has 0 aliphatic carbocycles. The van der Waals surface area contributed by atoms with Gasteiger partial charge in [-0.25, -0.2) is 8.78 Å². The molecule has 1 fully saturated rings. The van der Waals surface area contributed by atoms with Gasteiger partial charge in [-0.1, -0.05) is 30.3 Å². The number of hydrogen-bond donors (Lipinski definition) is 2. The van der Waals surface area contributed by atoms with Crippen LogP contribution < -0.4 is 10.6 Å². The van der Waals surface area contributed by atoms with Crippen LogP contribution >= 0.6 is 0 Å². The molecule has 1 aliphatic rings. The zero-order valence-corrected chi connectivity index (χ0v) is 16.9. The summed E-state index contributed by atoms with van der Waals surface area (Å²) in [6.07, 6.45) is 0. The third-order valence-corrected chi connectivity index (χ3v) is 5.22. The van der Waals surface area contributed by atoms with E-state index in [1.807, 2.05) is 35.2 Å². The van der Waals surface area contributed by atoms with Crippen LogP contribution in [0.2, 0.25) is 0 Å². The predicted octanol–water partition coefficient (Wildman–Crippen LogP) is 2.23. The zero-order chi connectivity index (χ0) is 21.5. The minimum absolute atomic E-state index is 0.0311. The van der Waals surface area contributed by atoms with E-state index in [0.29, 0.717) is 39.3 Å². The minimum atomic E-state index is -1.00. The van der Waals surface area contributed by atoms with Crippen molar-refractivity contribution < 1.29 is 18.4 Å². The van der Waals surface area contributed by atoms with Crippen LogP contribution in [0.25, 0.3) is 0 Å². The molecule has 1 atom stereocenters. The van der Waals surface area contributed by atoms with Crippen molar-refractivity contribution in [3.63, 3.8) is 0 Å². The SMILES string of the molecule is C[C@H](C(=O)Nc1ccc(F)c(F)c1)N1CCN(CC(=O)NCc2ccccc2)CC1. The largest absolute Gasteiger partial charge is 0.351 e. The van der Waals surface area contributed by atoms with Crippen molar-refractivity contribution in [1.82, 2.24) is 15.1 Å². The molecule has 1 aliphatic heterocycles. The number of rotatable bonds is 7. The fraction of sp³-hybridized carbons (Fsp3) is 0.364. The van der Waals surface area contributed by atoms with Gasteiger partial charge in [-0.05, 0) is 24.6 Å². The lowest BCUT2D eigenvalue weighted by molar-refractivity contribution is -0.124. The summed E-state index contributed by atoms with van der Waals surface area (Å²) in [5, 5.41) is 5.54. The highest BCUT2D eigenvalue weighted by Crippen LogP contribution is 2.15. The number of halogens is 2. The van der Waals surface area contributed by atoms with Crippen molar-refractivity contribution >= 4 is 17.5 Å². The van der Waals surface area contributed by atoms with Crippen LogP contribution in [0.1, 0.15) is 12.5 Å². The fourth-order valence-corrected chi connectivity index (χ4v) is 3.35. The molecule has 8 heteroatoms. The first kappa shape index (κ1) is 21.9. The molecule has 160 valence electrons. The predicted molar refractivity (Wildman–Crippen MR) is 111 cm³/mol. The van der Waals surface area contributed by atoms with Gasteiger partial charge in [0.1, 0.15) is 0 Å². The van der Waals surface area contributed by atoms with Gasteiger partial charge < -0.3 is 10.6 Å². The van der Waals surface area contributed by atoms with Crippen LogP contribution in [-0.4, -0.2) is 60.4 Å². The number of benzene rings is 2. The van der Waals surface area contributed by atoms with Gasteiger partial charge in [-0.2, -0.15) is 0 Å². The summed E-state index contributed by atoms with van der Waals surface area (Å²) >= 11 is 0. The topological polar surface area (TPSA) is 64.7 Å². The van der Waals surface area contributed by atoms with Crippen LogP contribution in [0, 0.1) is 11.6 Å². The van der Waals surface area contributed by atoms with E-state index >= 15 is 0 Å². The average molecular weight is 416 g/mol. The zero-order valence-electron chi connectivity index (χ0n) is 16.9. The molecule has 0 unspecified atom stereocenters. The Bertz CT molecular complexity index is 871. The molecule has 2 N–H and O–H groups in total. The van der Waals surface area contributed by atoms with Crippen LogP contribution in [0.5, 0.6) is 0 Å². The van der Waals surface area contributed by atoms with Gasteiger partial charge in [0.25, 0.3) is 0 Å². The van der Waals surface area contributed by atoms with Gasteiger partial charge in [0.15, 0.2) is 11.6 Å². The number of piperazine rings is 1. The van der Waals surface area contributed by atoms with E-state index in [4.69, 9.17) is 0 Å². The number of nitrogens with zero attached hydrogens (tertiary/aromatic N) is 2. The minimum Gasteiger partial charge on any atom is -0.351 e. The first-order chi connectivity index (χ1) is 14.4. The van der Waals surface area contributed by atoms with E-state index in [0.717, 1.165) is 17.7 Å². The van der Waals surface area contributed by atoms with Crippen LogP contribution in [0.4, 0.5) is 14.5 Å². The highest BCUT2D eigenvalue weighted by molar-refractivity contribution is 5.94. The number of hydrogen-bond acceptors (Lipinski definition) is 4. The lowest BCUT2D eigenvalue weighted by atomic mass is 10.2. The monoisotopic (exact) mass is 416 g/mol. The molecule has 3 rings (SSSR count). The lowest BCUT2D eigenvalue weighted by Crippen LogP contribution is -2.54. The third-order valence-electron chi connectivity index (χ3n) is 5.22. The van der Waals surface area contributed by atoms with Crippen molar-refractivity contribution in [2.45, 2.75) is 19.5 Å². The summed E-state index contributed by atoms with van der Waals surface area (Å²) in [4.78, 5) is 28.7. The lowest BCUT2D eigenvalue weighted by Gasteiger charge is -2.37. The molecular weight excluding hydrogens is 390 g/mol. The van der Waals surface area contributed by atoms with E-state index in [2.05, 4.69) is 15.5 Å². The molecule has 30 heavy (non-hydrogen) atoms. The Morgan fingerprint density at radius 3 is 2.37 bits per heavy atom. The second-order valence-corrected chi connectivity index (χ2v) is 7.37. The Labute approximate surface area is 174 Å². The van der Waals surface area contributed by atoms with Gasteiger partial charge in [-0.3, -0.25) is 19.4 Å². The molecule has 2 aromatic carbocycles. The average Bonchev–Trinajstić information content (AvgIpc) is 2.75. The summed E-state index contributed by atoms with van der Waals surface area (Å²) in [5.41, 5.74) is 1.27. The van der Waals surface area contributed by atoms with E-state index in [9.17, 15) is 18.4 Å². The van der Waals surface area contributed by atoms with Gasteiger partial charge >= 0.3 is 0 Å². The second-order valence-electron chi connectivity index (χ2n) is 7.37. The summed E-state index contributed by atoms with van der Waals surface area (Å²) in [7, 11) is 0. The van der Waals surface area contributed by atoms with Gasteiger partial charge in [0, 0.05) is 44.5 Å². The van der Waals surface area contributed by atoms with Crippen molar-refractivity contribution in [3.05, 3.63) is 65.7 Å². The molecule has 0 spiro atoms. The molecule has 2 aromatic rings. The maximum absolute atomic E-state index is 13.3. The molecule has 6 nitrogen and oxygen atoms in total. The van der Waals surface area contributed by atoms with E-state index in [1.54, 1.807) is 6.92 Å². The van der Waals surface area contributed by atoms with Crippen LogP contribution in [0.15, 0.2) is 48.5 Å². The van der Waals surface area contributed by atoms with Gasteiger partial charge in [-0.15, -0.1) is 0 Å². The summed E-state index contributed by atoms with van der Waals surface area (Å²) in [5.74, 6) is -2.27. The Morgan fingerprint density at radius 1 is 1.00 bits per heavy atom. The van der Waals surface area contributed by atoms with Crippen LogP contribution in [0.3, 0.4) is 0 Å². The molecule has 0 bridgehead atoms. The summed E-state index contributed by atoms with van der Waals surface area (Å²) in [6.45, 7) is 5.20. The van der Waals surface area contributed by atoms with Crippen molar-refractivity contribution in [2.75, 3.05) is 38.0 Å². The molecule has 0 radical (unpaired) electrons. The maximum atomic E-state index is 13.3. The molecule has 1 saturated heterocycles. The molecule has 0 aromatic heterocycles. The molecule has 1 heterocycles. The number of anilines is 1. The van der Waals surface area contributed by atoms with Crippen molar-refractivity contribution in [3.8, 4) is 0 Å². The number of nitrogens with one attached hydrogen (secondary N) is 2. The summed E-state index contributed by atoms with van der Waals surface area (Å²) in [6, 6.07) is 12.6. The van der Waals surface area contributed by atoms with Gasteiger partial charge in [0.05, 0.1) is 12.6 Å². The van der Waals surface area contributed by atoms with E-state index < -0.39 is 17.7 Å². The highest BCUT2D eigenvalue weighted by Gasteiger charge is 2.26. The number of carbonyl (C=O) groups is 2. The third kappa shape index (κ3) is 6.08. The van der Waals surface area contributed by atoms with Gasteiger partial charge in [0.2, 0.25) is 11.8 Å². The molecule has 0 saturated carbocycles. The Balaban J connectivity index is 1.41. The Morgan fingerprint density at radius 2 is 1.70 bits per heavy atom. The smallest absolute Gasteiger partial charge is 0.241 e. The van der Waals surface area contributed by atoms with E-state index in [1.165, 1.54) is 6.07 Å². The first-order valence-corrected chi connectivity index (χ1v) is 9.95. The summed E-state index contributed by atoms with van der Waals surface area (Å²) < 4.78 is 26.3. The number of amides is 2. The second kappa shape index (κ2) is 10.3. The maximum Gasteiger partial charge on any atom is 0.241 e. The number of carbonyl (C=O) groups excluding carboxylic acids is 2. The Kier molecular flexibility index (Phi) is 7.48.